The monoisotopic (exact) mass is 372 g/mol. The smallest absolute Gasteiger partial charge is 0.251 e. The van der Waals surface area contributed by atoms with Gasteiger partial charge in [-0.3, -0.25) is 9.59 Å². The quantitative estimate of drug-likeness (QED) is 0.647. The molecule has 5 heteroatoms. The van der Waals surface area contributed by atoms with Crippen molar-refractivity contribution >= 4 is 5.78 Å². The van der Waals surface area contributed by atoms with Crippen LogP contribution < -0.4 is 10.3 Å². The lowest BCUT2D eigenvalue weighted by Gasteiger charge is -2.08. The van der Waals surface area contributed by atoms with Crippen molar-refractivity contribution in [1.29, 1.82) is 5.26 Å². The number of pyridine rings is 1. The number of Topliss-reactive ketones (excluding diaryl/α,β-unsaturated/α-hetero) is 1. The highest BCUT2D eigenvalue weighted by molar-refractivity contribution is 5.96. The van der Waals surface area contributed by atoms with E-state index >= 15 is 0 Å². The molecule has 3 rings (SSSR count). The van der Waals surface area contributed by atoms with Crippen molar-refractivity contribution in [3.8, 4) is 17.6 Å². The minimum atomic E-state index is -0.131. The molecule has 1 heterocycles. The molecule has 28 heavy (non-hydrogen) atoms. The van der Waals surface area contributed by atoms with Crippen LogP contribution in [-0.2, 0) is 6.42 Å². The van der Waals surface area contributed by atoms with E-state index in [2.05, 4.69) is 11.1 Å². The highest BCUT2D eigenvalue weighted by atomic mass is 16.5. The SMILES string of the molecule is Cc1cc(C)c(CCC(=O)c2ccc(Oc3cccc(C#N)c3)cc2)c(=O)[nH]1. The molecule has 0 unspecified atom stereocenters. The molecule has 0 saturated heterocycles. The second kappa shape index (κ2) is 8.36. The van der Waals surface area contributed by atoms with E-state index in [1.807, 2.05) is 19.9 Å². The van der Waals surface area contributed by atoms with Gasteiger partial charge in [0.25, 0.3) is 5.56 Å². The lowest BCUT2D eigenvalue weighted by Crippen LogP contribution is -2.16. The maximum atomic E-state index is 12.5. The maximum absolute atomic E-state index is 12.5. The molecule has 0 atom stereocenters. The van der Waals surface area contributed by atoms with Crippen molar-refractivity contribution in [2.24, 2.45) is 0 Å². The first-order valence-electron chi connectivity index (χ1n) is 8.97. The molecule has 140 valence electrons. The highest BCUT2D eigenvalue weighted by Crippen LogP contribution is 2.23. The maximum Gasteiger partial charge on any atom is 0.251 e. The first-order valence-corrected chi connectivity index (χ1v) is 8.97. The summed E-state index contributed by atoms with van der Waals surface area (Å²) in [5.74, 6) is 1.11. The third-order valence-electron chi connectivity index (χ3n) is 4.47. The average molecular weight is 372 g/mol. The first kappa shape index (κ1) is 19.1. The van der Waals surface area contributed by atoms with E-state index in [1.54, 1.807) is 48.5 Å². The van der Waals surface area contributed by atoms with E-state index in [0.29, 0.717) is 34.6 Å². The van der Waals surface area contributed by atoms with E-state index in [1.165, 1.54) is 0 Å². The zero-order valence-corrected chi connectivity index (χ0v) is 15.8. The van der Waals surface area contributed by atoms with Gasteiger partial charge in [-0.05, 0) is 74.4 Å². The number of aromatic nitrogens is 1. The van der Waals surface area contributed by atoms with Crippen LogP contribution in [0.3, 0.4) is 0 Å². The Morgan fingerprint density at radius 1 is 1.07 bits per heavy atom. The fourth-order valence-electron chi connectivity index (χ4n) is 3.05. The van der Waals surface area contributed by atoms with E-state index in [-0.39, 0.29) is 17.8 Å². The molecular formula is C23H20N2O3. The standard InChI is InChI=1S/C23H20N2O3/c1-15-12-16(2)25-23(27)21(15)10-11-22(26)18-6-8-19(9-7-18)28-20-5-3-4-17(13-20)14-24/h3-9,12-13H,10-11H2,1-2H3,(H,25,27). The van der Waals surface area contributed by atoms with Gasteiger partial charge in [-0.1, -0.05) is 6.07 Å². The molecule has 1 N–H and O–H groups in total. The van der Waals surface area contributed by atoms with E-state index in [9.17, 15) is 9.59 Å². The molecule has 0 amide bonds. The van der Waals surface area contributed by atoms with Gasteiger partial charge in [-0.2, -0.15) is 5.26 Å². The minimum absolute atomic E-state index is 0.0302. The fraction of sp³-hybridized carbons (Fsp3) is 0.174. The molecule has 0 aliphatic rings. The number of nitrogens with zero attached hydrogens (tertiary/aromatic N) is 1. The Bertz CT molecular complexity index is 1110. The molecule has 0 spiro atoms. The van der Waals surface area contributed by atoms with Crippen molar-refractivity contribution in [3.05, 3.63) is 92.9 Å². The third-order valence-corrected chi connectivity index (χ3v) is 4.47. The van der Waals surface area contributed by atoms with Crippen LogP contribution in [0.15, 0.2) is 59.4 Å². The van der Waals surface area contributed by atoms with E-state index < -0.39 is 0 Å². The summed E-state index contributed by atoms with van der Waals surface area (Å²) in [4.78, 5) is 27.3. The zero-order valence-electron chi connectivity index (χ0n) is 15.8. The minimum Gasteiger partial charge on any atom is -0.457 e. The van der Waals surface area contributed by atoms with Crippen LogP contribution in [0.5, 0.6) is 11.5 Å². The van der Waals surface area contributed by atoms with E-state index in [0.717, 1.165) is 11.3 Å². The largest absolute Gasteiger partial charge is 0.457 e. The number of carbonyl (C=O) groups is 1. The number of hydrogen-bond donors (Lipinski definition) is 1. The summed E-state index contributed by atoms with van der Waals surface area (Å²) in [6.07, 6.45) is 0.664. The van der Waals surface area contributed by atoms with Crippen molar-refractivity contribution in [3.63, 3.8) is 0 Å². The summed E-state index contributed by atoms with van der Waals surface area (Å²) in [7, 11) is 0. The lowest BCUT2D eigenvalue weighted by atomic mass is 10.0. The summed E-state index contributed by atoms with van der Waals surface area (Å²) in [6.45, 7) is 3.72. The Morgan fingerprint density at radius 3 is 2.50 bits per heavy atom. The fourth-order valence-corrected chi connectivity index (χ4v) is 3.05. The van der Waals surface area contributed by atoms with Crippen molar-refractivity contribution in [2.45, 2.75) is 26.7 Å². The van der Waals surface area contributed by atoms with E-state index in [4.69, 9.17) is 10.00 Å². The predicted molar refractivity (Wildman–Crippen MR) is 107 cm³/mol. The number of hydrogen-bond acceptors (Lipinski definition) is 4. The van der Waals surface area contributed by atoms with Gasteiger partial charge in [0.05, 0.1) is 11.6 Å². The molecule has 5 nitrogen and oxygen atoms in total. The Kier molecular flexibility index (Phi) is 5.71. The number of carbonyl (C=O) groups excluding carboxylic acids is 1. The van der Waals surface area contributed by atoms with Gasteiger partial charge in [-0.25, -0.2) is 0 Å². The molecule has 3 aromatic rings. The number of H-pyrrole nitrogens is 1. The van der Waals surface area contributed by atoms with Crippen LogP contribution in [0.2, 0.25) is 0 Å². The second-order valence-corrected chi connectivity index (χ2v) is 6.63. The van der Waals surface area contributed by atoms with Crippen LogP contribution in [0, 0.1) is 25.2 Å². The lowest BCUT2D eigenvalue weighted by molar-refractivity contribution is 0.0982. The van der Waals surface area contributed by atoms with Crippen LogP contribution in [0.25, 0.3) is 0 Å². The van der Waals surface area contributed by atoms with Gasteiger partial charge in [0.2, 0.25) is 0 Å². The Morgan fingerprint density at radius 2 is 1.82 bits per heavy atom. The third kappa shape index (κ3) is 4.54. The van der Waals surface area contributed by atoms with Gasteiger partial charge >= 0.3 is 0 Å². The number of aromatic amines is 1. The predicted octanol–water partition coefficient (Wildman–Crippen LogP) is 4.47. The zero-order chi connectivity index (χ0) is 20.1. The average Bonchev–Trinajstić information content (AvgIpc) is 2.67. The molecule has 1 aromatic heterocycles. The number of nitrogens with one attached hydrogen (secondary N) is 1. The Balaban J connectivity index is 1.65. The van der Waals surface area contributed by atoms with Gasteiger partial charge in [0.15, 0.2) is 5.78 Å². The topological polar surface area (TPSA) is 82.9 Å². The summed E-state index contributed by atoms with van der Waals surface area (Å²) in [6, 6.07) is 17.7. The number of aryl methyl sites for hydroxylation is 2. The van der Waals surface area contributed by atoms with Crippen molar-refractivity contribution in [1.82, 2.24) is 4.98 Å². The van der Waals surface area contributed by atoms with Crippen molar-refractivity contribution < 1.29 is 9.53 Å². The molecule has 0 aliphatic heterocycles. The summed E-state index contributed by atoms with van der Waals surface area (Å²) in [5.41, 5.74) is 3.32. The summed E-state index contributed by atoms with van der Waals surface area (Å²) >= 11 is 0. The normalized spacial score (nSPS) is 10.3. The summed E-state index contributed by atoms with van der Waals surface area (Å²) in [5, 5.41) is 8.94. The molecule has 0 aliphatic carbocycles. The molecule has 0 fully saturated rings. The number of ether oxygens (including phenoxy) is 1. The Hall–Kier alpha value is -3.65. The molecule has 2 aromatic carbocycles. The molecular weight excluding hydrogens is 352 g/mol. The van der Waals surface area contributed by atoms with Crippen LogP contribution in [-0.4, -0.2) is 10.8 Å². The number of ketones is 1. The highest BCUT2D eigenvalue weighted by Gasteiger charge is 2.11. The second-order valence-electron chi connectivity index (χ2n) is 6.63. The number of nitriles is 1. The summed E-state index contributed by atoms with van der Waals surface area (Å²) < 4.78 is 5.72. The van der Waals surface area contributed by atoms with Gasteiger partial charge in [0, 0.05) is 23.2 Å². The van der Waals surface area contributed by atoms with Crippen LogP contribution in [0.4, 0.5) is 0 Å². The molecule has 0 bridgehead atoms. The first-order chi connectivity index (χ1) is 13.5. The number of rotatable bonds is 6. The van der Waals surface area contributed by atoms with Crippen LogP contribution in [0.1, 0.15) is 39.2 Å². The van der Waals surface area contributed by atoms with Gasteiger partial charge in [-0.15, -0.1) is 0 Å². The Labute approximate surface area is 163 Å². The van der Waals surface area contributed by atoms with Gasteiger partial charge < -0.3 is 9.72 Å². The van der Waals surface area contributed by atoms with Gasteiger partial charge in [0.1, 0.15) is 11.5 Å². The van der Waals surface area contributed by atoms with Crippen molar-refractivity contribution in [2.75, 3.05) is 0 Å². The number of benzene rings is 2. The molecule has 0 radical (unpaired) electrons. The van der Waals surface area contributed by atoms with Crippen LogP contribution >= 0.6 is 0 Å². The molecule has 0 saturated carbocycles.